The Balaban J connectivity index is 1.87. The van der Waals surface area contributed by atoms with Gasteiger partial charge in [0.05, 0.1) is 12.0 Å². The Bertz CT molecular complexity index is 621. The van der Waals surface area contributed by atoms with Crippen LogP contribution in [0.15, 0.2) is 24.4 Å². The van der Waals surface area contributed by atoms with Crippen LogP contribution in [-0.4, -0.2) is 37.4 Å². The number of hydrogen-bond acceptors (Lipinski definition) is 5. The van der Waals surface area contributed by atoms with Crippen LogP contribution in [0.1, 0.15) is 0 Å². The number of anilines is 1. The Labute approximate surface area is 121 Å². The van der Waals surface area contributed by atoms with Crippen molar-refractivity contribution in [3.05, 3.63) is 24.4 Å². The standard InChI is InChI=1S/C14H15ClN2O3/c1-18-7-10(15)6-17-14-11-5-13-12(19-8-20-13)4-9(11)2-3-16-14/h2-5,10H,6-8H2,1H3,(H,16,17). The van der Waals surface area contributed by atoms with E-state index in [4.69, 9.17) is 25.8 Å². The molecule has 6 heteroatoms. The lowest BCUT2D eigenvalue weighted by Crippen LogP contribution is -2.19. The minimum Gasteiger partial charge on any atom is -0.454 e. The van der Waals surface area contributed by atoms with Crippen molar-refractivity contribution in [2.45, 2.75) is 5.38 Å². The van der Waals surface area contributed by atoms with Gasteiger partial charge in [0.2, 0.25) is 6.79 Å². The fraction of sp³-hybridized carbons (Fsp3) is 0.357. The van der Waals surface area contributed by atoms with Crippen LogP contribution in [0.4, 0.5) is 5.82 Å². The Morgan fingerprint density at radius 3 is 3.00 bits per heavy atom. The van der Waals surface area contributed by atoms with E-state index in [2.05, 4.69) is 10.3 Å². The van der Waals surface area contributed by atoms with Crippen molar-refractivity contribution in [1.82, 2.24) is 4.98 Å². The maximum atomic E-state index is 6.12. The van der Waals surface area contributed by atoms with Crippen molar-refractivity contribution in [3.63, 3.8) is 0 Å². The van der Waals surface area contributed by atoms with Crippen LogP contribution in [0.25, 0.3) is 10.8 Å². The Kier molecular flexibility index (Phi) is 3.80. The number of fused-ring (bicyclic) bond motifs is 2. The first-order valence-corrected chi connectivity index (χ1v) is 6.77. The highest BCUT2D eigenvalue weighted by Gasteiger charge is 2.16. The number of aromatic nitrogens is 1. The first-order valence-electron chi connectivity index (χ1n) is 6.33. The minimum absolute atomic E-state index is 0.105. The van der Waals surface area contributed by atoms with Crippen LogP contribution < -0.4 is 14.8 Å². The lowest BCUT2D eigenvalue weighted by Gasteiger charge is -2.12. The maximum Gasteiger partial charge on any atom is 0.231 e. The van der Waals surface area contributed by atoms with Gasteiger partial charge in [-0.05, 0) is 23.6 Å². The van der Waals surface area contributed by atoms with Gasteiger partial charge in [-0.2, -0.15) is 0 Å². The van der Waals surface area contributed by atoms with Crippen molar-refractivity contribution in [2.24, 2.45) is 0 Å². The molecule has 0 bridgehead atoms. The van der Waals surface area contributed by atoms with Gasteiger partial charge in [0.25, 0.3) is 0 Å². The van der Waals surface area contributed by atoms with E-state index in [0.717, 1.165) is 28.1 Å². The number of alkyl halides is 1. The smallest absolute Gasteiger partial charge is 0.231 e. The molecule has 0 saturated carbocycles. The second-order valence-corrected chi connectivity index (χ2v) is 5.14. The zero-order chi connectivity index (χ0) is 13.9. The SMILES string of the molecule is COCC(Cl)CNc1nccc2cc3c(cc12)OCO3. The van der Waals surface area contributed by atoms with Crippen LogP contribution in [0.2, 0.25) is 0 Å². The summed E-state index contributed by atoms with van der Waals surface area (Å²) in [6, 6.07) is 5.83. The highest BCUT2D eigenvalue weighted by Crippen LogP contribution is 2.37. The molecule has 1 N–H and O–H groups in total. The topological polar surface area (TPSA) is 52.6 Å². The summed E-state index contributed by atoms with van der Waals surface area (Å²) in [4.78, 5) is 4.36. The first-order chi connectivity index (χ1) is 9.78. The van der Waals surface area contributed by atoms with Gasteiger partial charge in [-0.15, -0.1) is 11.6 Å². The van der Waals surface area contributed by atoms with Crippen LogP contribution in [0.3, 0.4) is 0 Å². The molecule has 20 heavy (non-hydrogen) atoms. The number of nitrogens with zero attached hydrogens (tertiary/aromatic N) is 1. The molecule has 0 saturated heterocycles. The van der Waals surface area contributed by atoms with Crippen molar-refractivity contribution in [1.29, 1.82) is 0 Å². The summed E-state index contributed by atoms with van der Waals surface area (Å²) in [5.74, 6) is 2.29. The fourth-order valence-electron chi connectivity index (χ4n) is 2.15. The van der Waals surface area contributed by atoms with Crippen molar-refractivity contribution in [2.75, 3.05) is 32.4 Å². The molecule has 0 fully saturated rings. The van der Waals surface area contributed by atoms with E-state index < -0.39 is 0 Å². The number of nitrogens with one attached hydrogen (secondary N) is 1. The number of hydrogen-bond donors (Lipinski definition) is 1. The minimum atomic E-state index is -0.105. The molecular formula is C14H15ClN2O3. The number of ether oxygens (including phenoxy) is 3. The van der Waals surface area contributed by atoms with Gasteiger partial charge in [-0.1, -0.05) is 0 Å². The largest absolute Gasteiger partial charge is 0.454 e. The lowest BCUT2D eigenvalue weighted by atomic mass is 10.1. The molecule has 0 aliphatic carbocycles. The monoisotopic (exact) mass is 294 g/mol. The molecular weight excluding hydrogens is 280 g/mol. The summed E-state index contributed by atoms with van der Waals surface area (Å²) >= 11 is 6.12. The van der Waals surface area contributed by atoms with Crippen LogP contribution >= 0.6 is 11.6 Å². The van der Waals surface area contributed by atoms with Crippen molar-refractivity contribution >= 4 is 28.2 Å². The van der Waals surface area contributed by atoms with Gasteiger partial charge in [0.15, 0.2) is 11.5 Å². The van der Waals surface area contributed by atoms with E-state index in [-0.39, 0.29) is 12.2 Å². The average Bonchev–Trinajstić information content (AvgIpc) is 2.90. The molecule has 1 aliphatic rings. The number of rotatable bonds is 5. The molecule has 0 spiro atoms. The quantitative estimate of drug-likeness (QED) is 0.859. The molecule has 1 atom stereocenters. The number of pyridine rings is 1. The molecule has 2 heterocycles. The third-order valence-electron chi connectivity index (χ3n) is 3.10. The van der Waals surface area contributed by atoms with Crippen molar-refractivity contribution in [3.8, 4) is 11.5 Å². The highest BCUT2D eigenvalue weighted by molar-refractivity contribution is 6.21. The Morgan fingerprint density at radius 2 is 2.20 bits per heavy atom. The van der Waals surface area contributed by atoms with Gasteiger partial charge in [-0.3, -0.25) is 0 Å². The van der Waals surface area contributed by atoms with E-state index in [1.165, 1.54) is 0 Å². The van der Waals surface area contributed by atoms with Crippen LogP contribution in [0.5, 0.6) is 11.5 Å². The summed E-state index contributed by atoms with van der Waals surface area (Å²) in [7, 11) is 1.63. The second-order valence-electron chi connectivity index (χ2n) is 4.52. The van der Waals surface area contributed by atoms with Gasteiger partial charge < -0.3 is 19.5 Å². The predicted molar refractivity (Wildman–Crippen MR) is 77.9 cm³/mol. The predicted octanol–water partition coefficient (Wildman–Crippen LogP) is 2.63. The molecule has 3 rings (SSSR count). The van der Waals surface area contributed by atoms with Crippen LogP contribution in [-0.2, 0) is 4.74 Å². The van der Waals surface area contributed by atoms with Crippen molar-refractivity contribution < 1.29 is 14.2 Å². The summed E-state index contributed by atoms with van der Waals surface area (Å²) in [5, 5.41) is 5.17. The Hall–Kier alpha value is -1.72. The van der Waals surface area contributed by atoms with E-state index in [1.807, 2.05) is 18.2 Å². The third kappa shape index (κ3) is 2.59. The van der Waals surface area contributed by atoms with Gasteiger partial charge >= 0.3 is 0 Å². The zero-order valence-electron chi connectivity index (χ0n) is 11.1. The summed E-state index contributed by atoms with van der Waals surface area (Å²) < 4.78 is 15.8. The molecule has 1 unspecified atom stereocenters. The molecule has 2 aromatic rings. The molecule has 0 amide bonds. The third-order valence-corrected chi connectivity index (χ3v) is 3.38. The van der Waals surface area contributed by atoms with Gasteiger partial charge in [-0.25, -0.2) is 4.98 Å². The average molecular weight is 295 g/mol. The Morgan fingerprint density at radius 1 is 1.40 bits per heavy atom. The normalized spacial score (nSPS) is 14.5. The van der Waals surface area contributed by atoms with E-state index >= 15 is 0 Å². The summed E-state index contributed by atoms with van der Waals surface area (Å²) in [6.45, 7) is 1.33. The number of benzene rings is 1. The molecule has 0 radical (unpaired) electrons. The van der Waals surface area contributed by atoms with Gasteiger partial charge in [0.1, 0.15) is 5.82 Å². The second kappa shape index (κ2) is 5.73. The zero-order valence-corrected chi connectivity index (χ0v) is 11.8. The summed E-state index contributed by atoms with van der Waals surface area (Å²) in [6.07, 6.45) is 1.76. The van der Waals surface area contributed by atoms with Gasteiger partial charge in [0, 0.05) is 25.2 Å². The van der Waals surface area contributed by atoms with E-state index in [1.54, 1.807) is 13.3 Å². The van der Waals surface area contributed by atoms with Crippen LogP contribution in [0, 0.1) is 0 Å². The molecule has 1 aromatic carbocycles. The maximum absolute atomic E-state index is 6.12. The number of halogens is 1. The van der Waals surface area contributed by atoms with E-state index in [0.29, 0.717) is 13.2 Å². The van der Waals surface area contributed by atoms with E-state index in [9.17, 15) is 0 Å². The fourth-order valence-corrected chi connectivity index (χ4v) is 2.35. The molecule has 1 aliphatic heterocycles. The first kappa shape index (κ1) is 13.3. The molecule has 5 nitrogen and oxygen atoms in total. The lowest BCUT2D eigenvalue weighted by molar-refractivity contribution is 0.174. The number of methoxy groups -OCH3 is 1. The molecule has 1 aromatic heterocycles. The summed E-state index contributed by atoms with van der Waals surface area (Å²) in [5.41, 5.74) is 0. The highest BCUT2D eigenvalue weighted by atomic mass is 35.5. The molecule has 106 valence electrons.